The largest absolute Gasteiger partial charge is 0.322 e. The summed E-state index contributed by atoms with van der Waals surface area (Å²) >= 11 is 0. The third kappa shape index (κ3) is 3.95. The number of benzene rings is 2. The van der Waals surface area contributed by atoms with Crippen LogP contribution in [0.2, 0.25) is 0 Å². The van der Waals surface area contributed by atoms with Crippen molar-refractivity contribution in [3.63, 3.8) is 0 Å². The lowest BCUT2D eigenvalue weighted by Gasteiger charge is -2.08. The molecule has 0 fully saturated rings. The molecule has 0 saturated carbocycles. The van der Waals surface area contributed by atoms with Crippen molar-refractivity contribution in [2.24, 2.45) is 0 Å². The van der Waals surface area contributed by atoms with Gasteiger partial charge in [0.2, 0.25) is 10.0 Å². The van der Waals surface area contributed by atoms with Crippen LogP contribution in [0.1, 0.15) is 22.8 Å². The van der Waals surface area contributed by atoms with Crippen LogP contribution >= 0.6 is 0 Å². The maximum atomic E-state index is 13.3. The van der Waals surface area contributed by atoms with Gasteiger partial charge < -0.3 is 5.32 Å². The Balaban J connectivity index is 2.18. The van der Waals surface area contributed by atoms with Crippen LogP contribution in [0.4, 0.5) is 10.1 Å². The first kappa shape index (κ1) is 17.6. The van der Waals surface area contributed by atoms with Gasteiger partial charge in [-0.2, -0.15) is 5.26 Å². The summed E-state index contributed by atoms with van der Waals surface area (Å²) in [5, 5.41) is 11.3. The Morgan fingerprint density at radius 1 is 1.21 bits per heavy atom. The summed E-state index contributed by atoms with van der Waals surface area (Å²) in [6.07, 6.45) is 0. The lowest BCUT2D eigenvalue weighted by molar-refractivity contribution is 0.102. The number of amides is 1. The van der Waals surface area contributed by atoms with E-state index in [1.165, 1.54) is 36.4 Å². The summed E-state index contributed by atoms with van der Waals surface area (Å²) in [5.41, 5.74) is 0.315. The zero-order chi connectivity index (χ0) is 17.7. The molecule has 0 heterocycles. The van der Waals surface area contributed by atoms with E-state index < -0.39 is 21.7 Å². The van der Waals surface area contributed by atoms with Crippen molar-refractivity contribution in [1.82, 2.24) is 4.72 Å². The second-order valence-corrected chi connectivity index (χ2v) is 6.55. The molecule has 2 rings (SSSR count). The van der Waals surface area contributed by atoms with Gasteiger partial charge in [-0.1, -0.05) is 6.92 Å². The van der Waals surface area contributed by atoms with Crippen molar-refractivity contribution < 1.29 is 17.6 Å². The summed E-state index contributed by atoms with van der Waals surface area (Å²) in [6, 6.07) is 10.7. The van der Waals surface area contributed by atoms with Gasteiger partial charge in [-0.3, -0.25) is 4.79 Å². The van der Waals surface area contributed by atoms with Gasteiger partial charge in [0.1, 0.15) is 11.9 Å². The molecular formula is C16H14FN3O3S. The Morgan fingerprint density at radius 2 is 1.88 bits per heavy atom. The van der Waals surface area contributed by atoms with Crippen LogP contribution in [0.3, 0.4) is 0 Å². The van der Waals surface area contributed by atoms with E-state index in [0.29, 0.717) is 0 Å². The zero-order valence-corrected chi connectivity index (χ0v) is 13.5. The molecule has 0 aromatic heterocycles. The van der Waals surface area contributed by atoms with Gasteiger partial charge in [-0.15, -0.1) is 0 Å². The summed E-state index contributed by atoms with van der Waals surface area (Å²) in [7, 11) is -3.58. The van der Waals surface area contributed by atoms with Gasteiger partial charge in [-0.25, -0.2) is 17.5 Å². The third-order valence-corrected chi connectivity index (χ3v) is 4.67. The normalized spacial score (nSPS) is 10.9. The third-order valence-electron chi connectivity index (χ3n) is 3.11. The van der Waals surface area contributed by atoms with Crippen molar-refractivity contribution in [2.45, 2.75) is 11.8 Å². The number of nitriles is 1. The van der Waals surface area contributed by atoms with Crippen molar-refractivity contribution in [3.8, 4) is 6.07 Å². The molecule has 0 aliphatic heterocycles. The quantitative estimate of drug-likeness (QED) is 0.866. The Labute approximate surface area is 139 Å². The molecule has 24 heavy (non-hydrogen) atoms. The highest BCUT2D eigenvalue weighted by Gasteiger charge is 2.14. The maximum Gasteiger partial charge on any atom is 0.255 e. The van der Waals surface area contributed by atoms with Crippen LogP contribution in [0.25, 0.3) is 0 Å². The van der Waals surface area contributed by atoms with E-state index in [4.69, 9.17) is 5.26 Å². The molecule has 124 valence electrons. The number of anilines is 1. The van der Waals surface area contributed by atoms with Gasteiger partial charge in [0.25, 0.3) is 5.91 Å². The first-order valence-corrected chi connectivity index (χ1v) is 8.46. The fraction of sp³-hybridized carbons (Fsp3) is 0.125. The zero-order valence-electron chi connectivity index (χ0n) is 12.7. The van der Waals surface area contributed by atoms with Crippen LogP contribution in [0.5, 0.6) is 0 Å². The second-order valence-electron chi connectivity index (χ2n) is 4.79. The van der Waals surface area contributed by atoms with Gasteiger partial charge >= 0.3 is 0 Å². The molecule has 0 spiro atoms. The number of nitrogens with one attached hydrogen (secondary N) is 2. The Kier molecular flexibility index (Phi) is 5.28. The van der Waals surface area contributed by atoms with E-state index in [0.717, 1.165) is 6.07 Å². The highest BCUT2D eigenvalue weighted by atomic mass is 32.2. The first-order chi connectivity index (χ1) is 11.4. The molecule has 0 aliphatic carbocycles. The summed E-state index contributed by atoms with van der Waals surface area (Å²) in [6.45, 7) is 1.92. The van der Waals surface area contributed by atoms with Crippen LogP contribution in [0, 0.1) is 17.1 Å². The average Bonchev–Trinajstić information content (AvgIpc) is 2.56. The molecule has 0 atom stereocenters. The van der Waals surface area contributed by atoms with Crippen LogP contribution < -0.4 is 10.0 Å². The SMILES string of the molecule is CCNS(=O)(=O)c1ccc(C(=O)Nc2ccc(F)c(C#N)c2)cc1. The topological polar surface area (TPSA) is 99.1 Å². The predicted molar refractivity (Wildman–Crippen MR) is 86.4 cm³/mol. The van der Waals surface area contributed by atoms with E-state index in [1.54, 1.807) is 13.0 Å². The Hall–Kier alpha value is -2.76. The molecule has 0 unspecified atom stereocenters. The number of carbonyl (C=O) groups is 1. The molecule has 2 aromatic carbocycles. The number of hydrogen-bond donors (Lipinski definition) is 2. The highest BCUT2D eigenvalue weighted by Crippen LogP contribution is 2.16. The van der Waals surface area contributed by atoms with E-state index in [1.807, 2.05) is 0 Å². The maximum absolute atomic E-state index is 13.3. The average molecular weight is 347 g/mol. The molecule has 6 nitrogen and oxygen atoms in total. The van der Waals surface area contributed by atoms with Gasteiger partial charge in [-0.05, 0) is 42.5 Å². The van der Waals surface area contributed by atoms with Gasteiger partial charge in [0, 0.05) is 17.8 Å². The van der Waals surface area contributed by atoms with Gasteiger partial charge in [0.15, 0.2) is 0 Å². The van der Waals surface area contributed by atoms with E-state index in [2.05, 4.69) is 10.0 Å². The highest BCUT2D eigenvalue weighted by molar-refractivity contribution is 7.89. The number of sulfonamides is 1. The lowest BCUT2D eigenvalue weighted by atomic mass is 10.2. The molecule has 2 aromatic rings. The standard InChI is InChI=1S/C16H14FN3O3S/c1-2-19-24(22,23)14-6-3-11(4-7-14)16(21)20-13-5-8-15(17)12(9-13)10-18/h3-9,19H,2H2,1H3,(H,20,21). The molecule has 0 saturated heterocycles. The minimum atomic E-state index is -3.58. The van der Waals surface area contributed by atoms with Crippen molar-refractivity contribution in [2.75, 3.05) is 11.9 Å². The number of rotatable bonds is 5. The Morgan fingerprint density at radius 3 is 2.46 bits per heavy atom. The number of hydrogen-bond acceptors (Lipinski definition) is 4. The van der Waals surface area contributed by atoms with E-state index >= 15 is 0 Å². The molecule has 0 aliphatic rings. The Bertz CT molecular complexity index is 903. The summed E-state index contributed by atoms with van der Waals surface area (Å²) in [4.78, 5) is 12.2. The molecule has 8 heteroatoms. The van der Waals surface area contributed by atoms with E-state index in [9.17, 15) is 17.6 Å². The predicted octanol–water partition coefficient (Wildman–Crippen LogP) is 2.25. The summed E-state index contributed by atoms with van der Waals surface area (Å²) < 4.78 is 39.3. The van der Waals surface area contributed by atoms with Crippen molar-refractivity contribution >= 4 is 21.6 Å². The van der Waals surface area contributed by atoms with E-state index in [-0.39, 0.29) is 28.3 Å². The fourth-order valence-electron chi connectivity index (χ4n) is 1.95. The fourth-order valence-corrected chi connectivity index (χ4v) is 2.99. The molecule has 2 N–H and O–H groups in total. The monoisotopic (exact) mass is 347 g/mol. The van der Waals surface area contributed by atoms with Crippen LogP contribution in [-0.2, 0) is 10.0 Å². The number of carbonyl (C=O) groups excluding carboxylic acids is 1. The number of halogens is 1. The minimum absolute atomic E-state index is 0.0504. The molecular weight excluding hydrogens is 333 g/mol. The smallest absolute Gasteiger partial charge is 0.255 e. The minimum Gasteiger partial charge on any atom is -0.322 e. The first-order valence-electron chi connectivity index (χ1n) is 6.98. The van der Waals surface area contributed by atoms with Crippen LogP contribution in [0.15, 0.2) is 47.4 Å². The van der Waals surface area contributed by atoms with Crippen molar-refractivity contribution in [1.29, 1.82) is 5.26 Å². The molecule has 1 amide bonds. The van der Waals surface area contributed by atoms with Gasteiger partial charge in [0.05, 0.1) is 10.5 Å². The molecule has 0 bridgehead atoms. The number of nitrogens with zero attached hydrogens (tertiary/aromatic N) is 1. The summed E-state index contributed by atoms with van der Waals surface area (Å²) in [5.74, 6) is -1.17. The van der Waals surface area contributed by atoms with Crippen LogP contribution in [-0.4, -0.2) is 20.9 Å². The lowest BCUT2D eigenvalue weighted by Crippen LogP contribution is -2.23. The molecule has 0 radical (unpaired) electrons. The van der Waals surface area contributed by atoms with Crippen molar-refractivity contribution in [3.05, 3.63) is 59.4 Å². The second kappa shape index (κ2) is 7.21.